The summed E-state index contributed by atoms with van der Waals surface area (Å²) in [6.07, 6.45) is 1.71. The maximum Gasteiger partial charge on any atom is 0.246 e. The molecule has 0 saturated carbocycles. The molecule has 0 radical (unpaired) electrons. The Hall–Kier alpha value is -2.28. The van der Waals surface area contributed by atoms with E-state index in [2.05, 4.69) is 20.9 Å². The smallest absolute Gasteiger partial charge is 0.246 e. The monoisotopic (exact) mass is 291 g/mol. The Morgan fingerprint density at radius 1 is 1.43 bits per heavy atom. The summed E-state index contributed by atoms with van der Waals surface area (Å²) in [5.74, 6) is -0.676. The first-order chi connectivity index (χ1) is 10.0. The quantitative estimate of drug-likeness (QED) is 0.847. The maximum atomic E-state index is 13.0. The molecule has 7 heteroatoms. The van der Waals surface area contributed by atoms with Crippen molar-refractivity contribution in [1.82, 2.24) is 20.3 Å². The van der Waals surface area contributed by atoms with Gasteiger partial charge in [-0.25, -0.2) is 9.07 Å². The zero-order valence-corrected chi connectivity index (χ0v) is 12.0. The molecule has 0 fully saturated rings. The van der Waals surface area contributed by atoms with Crippen LogP contribution in [0.25, 0.3) is 0 Å². The molecule has 0 aliphatic rings. The Labute approximate surface area is 122 Å². The number of nitrogens with one attached hydrogen (secondary N) is 2. The van der Waals surface area contributed by atoms with E-state index in [1.165, 1.54) is 22.9 Å². The molecule has 0 aliphatic heterocycles. The minimum Gasteiger partial charge on any atom is -0.324 e. The van der Waals surface area contributed by atoms with Gasteiger partial charge in [0.05, 0.1) is 11.9 Å². The normalized spacial score (nSPS) is 10.9. The summed E-state index contributed by atoms with van der Waals surface area (Å²) < 4.78 is 14.5. The lowest BCUT2D eigenvalue weighted by Gasteiger charge is -2.05. The van der Waals surface area contributed by atoms with Crippen LogP contribution in [-0.2, 0) is 17.9 Å². The predicted molar refractivity (Wildman–Crippen MR) is 77.0 cm³/mol. The van der Waals surface area contributed by atoms with E-state index in [1.54, 1.807) is 12.3 Å². The van der Waals surface area contributed by atoms with E-state index in [4.69, 9.17) is 0 Å². The number of halogens is 1. The van der Waals surface area contributed by atoms with Crippen molar-refractivity contribution in [3.05, 3.63) is 42.0 Å². The summed E-state index contributed by atoms with van der Waals surface area (Å²) in [6, 6.07) is 6.10. The topological polar surface area (TPSA) is 71.8 Å². The first-order valence-corrected chi connectivity index (χ1v) is 6.71. The molecule has 1 amide bonds. The van der Waals surface area contributed by atoms with Gasteiger partial charge in [-0.1, -0.05) is 25.1 Å². The zero-order valence-electron chi connectivity index (χ0n) is 12.0. The molecule has 0 saturated heterocycles. The van der Waals surface area contributed by atoms with E-state index in [9.17, 15) is 9.18 Å². The minimum absolute atomic E-state index is 0.0329. The average molecular weight is 291 g/mol. The fourth-order valence-electron chi connectivity index (χ4n) is 1.72. The Morgan fingerprint density at radius 2 is 2.24 bits per heavy atom. The van der Waals surface area contributed by atoms with Gasteiger partial charge in [0.1, 0.15) is 12.4 Å². The average Bonchev–Trinajstić information content (AvgIpc) is 2.83. The van der Waals surface area contributed by atoms with Gasteiger partial charge in [0.2, 0.25) is 5.91 Å². The largest absolute Gasteiger partial charge is 0.324 e. The van der Waals surface area contributed by atoms with E-state index in [1.807, 2.05) is 13.8 Å². The molecule has 2 aromatic rings. The lowest BCUT2D eigenvalue weighted by atomic mass is 10.3. The highest BCUT2D eigenvalue weighted by atomic mass is 19.1. The molecule has 0 atom stereocenters. The second-order valence-corrected chi connectivity index (χ2v) is 5.00. The molecular weight excluding hydrogens is 273 g/mol. The lowest BCUT2D eigenvalue weighted by Crippen LogP contribution is -2.22. The fraction of sp³-hybridized carbons (Fsp3) is 0.357. The van der Waals surface area contributed by atoms with Crippen LogP contribution >= 0.6 is 0 Å². The van der Waals surface area contributed by atoms with Gasteiger partial charge in [-0.2, -0.15) is 0 Å². The van der Waals surface area contributed by atoms with Gasteiger partial charge >= 0.3 is 0 Å². The molecule has 21 heavy (non-hydrogen) atoms. The molecular formula is C14H18FN5O. The molecule has 0 unspecified atom stereocenters. The van der Waals surface area contributed by atoms with Crippen LogP contribution in [0.4, 0.5) is 10.1 Å². The molecule has 1 aromatic heterocycles. The minimum atomic E-state index is -0.393. The van der Waals surface area contributed by atoms with Gasteiger partial charge < -0.3 is 10.6 Å². The van der Waals surface area contributed by atoms with Gasteiger partial charge in [-0.15, -0.1) is 5.10 Å². The van der Waals surface area contributed by atoms with Crippen LogP contribution in [0, 0.1) is 5.82 Å². The van der Waals surface area contributed by atoms with E-state index < -0.39 is 5.82 Å². The van der Waals surface area contributed by atoms with Gasteiger partial charge in [0.15, 0.2) is 0 Å². The number of rotatable bonds is 6. The zero-order chi connectivity index (χ0) is 15.2. The number of anilines is 1. The highest BCUT2D eigenvalue weighted by Gasteiger charge is 2.07. The Morgan fingerprint density at radius 3 is 2.95 bits per heavy atom. The van der Waals surface area contributed by atoms with Crippen LogP contribution < -0.4 is 10.6 Å². The molecule has 0 spiro atoms. The summed E-state index contributed by atoms with van der Waals surface area (Å²) in [5.41, 5.74) is 1.18. The molecule has 2 rings (SSSR count). The van der Waals surface area contributed by atoms with E-state index in [0.29, 0.717) is 18.3 Å². The summed E-state index contributed by atoms with van der Waals surface area (Å²) >= 11 is 0. The van der Waals surface area contributed by atoms with Crippen LogP contribution in [0.1, 0.15) is 19.5 Å². The van der Waals surface area contributed by atoms with E-state index in [-0.39, 0.29) is 12.5 Å². The number of nitrogens with zero attached hydrogens (tertiary/aromatic N) is 3. The third-order valence-corrected chi connectivity index (χ3v) is 2.69. The van der Waals surface area contributed by atoms with Crippen LogP contribution in [-0.4, -0.2) is 26.9 Å². The molecule has 1 heterocycles. The summed E-state index contributed by atoms with van der Waals surface area (Å²) in [4.78, 5) is 11.8. The standard InChI is InChI=1S/C14H18FN5O/c1-10(2)16-7-13-8-20(19-18-13)9-14(21)17-12-5-3-4-11(15)6-12/h3-6,8,10,16H,7,9H2,1-2H3,(H,17,21). The van der Waals surface area contributed by atoms with Gasteiger partial charge in [-0.3, -0.25) is 4.79 Å². The van der Waals surface area contributed by atoms with E-state index >= 15 is 0 Å². The first-order valence-electron chi connectivity index (χ1n) is 6.71. The van der Waals surface area contributed by atoms with Crippen LogP contribution in [0.2, 0.25) is 0 Å². The summed E-state index contributed by atoms with van der Waals surface area (Å²) in [7, 11) is 0. The number of benzene rings is 1. The van der Waals surface area contributed by atoms with Crippen molar-refractivity contribution in [2.45, 2.75) is 33.0 Å². The number of hydrogen-bond acceptors (Lipinski definition) is 4. The van der Waals surface area contributed by atoms with Gasteiger partial charge in [0.25, 0.3) is 0 Å². The fourth-order valence-corrected chi connectivity index (χ4v) is 1.72. The number of amides is 1. The molecule has 2 N–H and O–H groups in total. The highest BCUT2D eigenvalue weighted by molar-refractivity contribution is 5.90. The third-order valence-electron chi connectivity index (χ3n) is 2.69. The maximum absolute atomic E-state index is 13.0. The van der Waals surface area contributed by atoms with Crippen molar-refractivity contribution in [1.29, 1.82) is 0 Å². The van der Waals surface area contributed by atoms with Gasteiger partial charge in [-0.05, 0) is 18.2 Å². The highest BCUT2D eigenvalue weighted by Crippen LogP contribution is 2.09. The van der Waals surface area contributed by atoms with Crippen molar-refractivity contribution < 1.29 is 9.18 Å². The van der Waals surface area contributed by atoms with Crippen molar-refractivity contribution in [2.75, 3.05) is 5.32 Å². The second-order valence-electron chi connectivity index (χ2n) is 5.00. The summed E-state index contributed by atoms with van der Waals surface area (Å²) in [5, 5.41) is 13.7. The molecule has 0 aliphatic carbocycles. The van der Waals surface area contributed by atoms with Crippen molar-refractivity contribution in [3.8, 4) is 0 Å². The lowest BCUT2D eigenvalue weighted by molar-refractivity contribution is -0.116. The number of carbonyl (C=O) groups excluding carboxylic acids is 1. The Bertz CT molecular complexity index is 611. The number of hydrogen-bond donors (Lipinski definition) is 2. The van der Waals surface area contributed by atoms with Crippen LogP contribution in [0.5, 0.6) is 0 Å². The Kier molecular flexibility index (Phi) is 4.99. The van der Waals surface area contributed by atoms with Crippen LogP contribution in [0.3, 0.4) is 0 Å². The van der Waals surface area contributed by atoms with Gasteiger partial charge in [0, 0.05) is 18.3 Å². The predicted octanol–water partition coefficient (Wildman–Crippen LogP) is 1.55. The Balaban J connectivity index is 1.88. The first kappa shape index (κ1) is 15.1. The molecule has 1 aromatic carbocycles. The second kappa shape index (κ2) is 6.94. The van der Waals surface area contributed by atoms with Crippen molar-refractivity contribution in [2.24, 2.45) is 0 Å². The summed E-state index contributed by atoms with van der Waals surface area (Å²) in [6.45, 7) is 4.71. The molecule has 112 valence electrons. The van der Waals surface area contributed by atoms with Crippen molar-refractivity contribution in [3.63, 3.8) is 0 Å². The molecule has 0 bridgehead atoms. The molecule has 6 nitrogen and oxygen atoms in total. The third kappa shape index (κ3) is 4.96. The number of aromatic nitrogens is 3. The van der Waals surface area contributed by atoms with E-state index in [0.717, 1.165) is 5.69 Å². The SMILES string of the molecule is CC(C)NCc1cn(CC(=O)Nc2cccc(F)c2)nn1. The number of carbonyl (C=O) groups is 1. The van der Waals surface area contributed by atoms with Crippen LogP contribution in [0.15, 0.2) is 30.5 Å². The van der Waals surface area contributed by atoms with Crippen molar-refractivity contribution >= 4 is 11.6 Å².